The molecule has 0 aromatic heterocycles. The van der Waals surface area contributed by atoms with E-state index in [4.69, 9.17) is 0 Å². The van der Waals surface area contributed by atoms with Crippen LogP contribution in [0.2, 0.25) is 0 Å². The largest absolute Gasteiger partial charge is 0.240 e. The molecule has 1 N–H and O–H groups in total. The van der Waals surface area contributed by atoms with Crippen LogP contribution < -0.4 is 4.72 Å². The van der Waals surface area contributed by atoms with Crippen molar-refractivity contribution in [2.75, 3.05) is 6.54 Å². The van der Waals surface area contributed by atoms with Gasteiger partial charge in [0.05, 0.1) is 4.90 Å². The van der Waals surface area contributed by atoms with E-state index in [1.54, 1.807) is 6.07 Å². The molecule has 1 heterocycles. The van der Waals surface area contributed by atoms with E-state index in [0.717, 1.165) is 24.0 Å². The molecular weight excluding hydrogens is 222 g/mol. The van der Waals surface area contributed by atoms with Crippen molar-refractivity contribution in [2.24, 2.45) is 5.92 Å². The number of hydrogen-bond donors (Lipinski definition) is 1. The van der Waals surface area contributed by atoms with Crippen molar-refractivity contribution in [1.29, 1.82) is 0 Å². The Bertz CT molecular complexity index is 494. The van der Waals surface area contributed by atoms with Crippen molar-refractivity contribution in [3.05, 3.63) is 29.3 Å². The van der Waals surface area contributed by atoms with E-state index >= 15 is 0 Å². The van der Waals surface area contributed by atoms with Gasteiger partial charge in [0.1, 0.15) is 0 Å². The van der Waals surface area contributed by atoms with Gasteiger partial charge in [-0.15, -0.1) is 0 Å². The Morgan fingerprint density at radius 2 is 2.19 bits per heavy atom. The number of hydrogen-bond acceptors (Lipinski definition) is 2. The quantitative estimate of drug-likeness (QED) is 0.813. The highest BCUT2D eigenvalue weighted by Crippen LogP contribution is 2.24. The van der Waals surface area contributed by atoms with Gasteiger partial charge in [-0.25, -0.2) is 13.1 Å². The molecule has 1 aromatic carbocycles. The lowest BCUT2D eigenvalue weighted by Gasteiger charge is -2.10. The maximum atomic E-state index is 12.0. The van der Waals surface area contributed by atoms with Crippen LogP contribution in [0.15, 0.2) is 23.1 Å². The van der Waals surface area contributed by atoms with Crippen molar-refractivity contribution in [3.63, 3.8) is 0 Å². The number of nitrogens with one attached hydrogen (secondary N) is 1. The van der Waals surface area contributed by atoms with Gasteiger partial charge in [-0.2, -0.15) is 0 Å². The molecule has 1 atom stereocenters. The Balaban J connectivity index is 2.53. The van der Waals surface area contributed by atoms with Crippen molar-refractivity contribution in [3.8, 4) is 0 Å². The Morgan fingerprint density at radius 1 is 1.44 bits per heavy atom. The highest BCUT2D eigenvalue weighted by atomic mass is 32.2. The van der Waals surface area contributed by atoms with Gasteiger partial charge in [0.2, 0.25) is 10.0 Å². The van der Waals surface area contributed by atoms with Crippen LogP contribution in [0, 0.1) is 12.8 Å². The van der Waals surface area contributed by atoms with Gasteiger partial charge in [0, 0.05) is 6.54 Å². The molecule has 0 bridgehead atoms. The molecule has 3 nitrogen and oxygen atoms in total. The van der Waals surface area contributed by atoms with Crippen LogP contribution in [0.3, 0.4) is 0 Å². The van der Waals surface area contributed by atoms with Gasteiger partial charge in [0.25, 0.3) is 0 Å². The Morgan fingerprint density at radius 3 is 2.88 bits per heavy atom. The molecule has 0 radical (unpaired) electrons. The fourth-order valence-electron chi connectivity index (χ4n) is 2.11. The third-order valence-corrected chi connectivity index (χ3v) is 4.68. The molecule has 0 amide bonds. The summed E-state index contributed by atoms with van der Waals surface area (Å²) in [5, 5.41) is 0. The lowest BCUT2D eigenvalue weighted by atomic mass is 9.96. The molecule has 4 heteroatoms. The summed E-state index contributed by atoms with van der Waals surface area (Å²) in [7, 11) is -3.29. The highest BCUT2D eigenvalue weighted by Gasteiger charge is 2.25. The molecule has 0 saturated heterocycles. The molecule has 1 aromatic rings. The second-order valence-corrected chi connectivity index (χ2v) is 6.18. The van der Waals surface area contributed by atoms with Crippen LogP contribution in [-0.4, -0.2) is 15.0 Å². The third-order valence-electron chi connectivity index (χ3n) is 3.15. The average molecular weight is 239 g/mol. The first-order valence-electron chi connectivity index (χ1n) is 5.62. The Hall–Kier alpha value is -0.870. The van der Waals surface area contributed by atoms with E-state index in [9.17, 15) is 8.42 Å². The van der Waals surface area contributed by atoms with E-state index in [-0.39, 0.29) is 0 Å². The summed E-state index contributed by atoms with van der Waals surface area (Å²) in [6, 6.07) is 5.55. The maximum absolute atomic E-state index is 12.0. The first-order chi connectivity index (χ1) is 7.53. The predicted octanol–water partition coefficient (Wildman–Crippen LogP) is 1.86. The average Bonchev–Trinajstić information content (AvgIpc) is 2.35. The second kappa shape index (κ2) is 4.18. The van der Waals surface area contributed by atoms with E-state index in [1.807, 2.05) is 19.1 Å². The van der Waals surface area contributed by atoms with Crippen molar-refractivity contribution < 1.29 is 8.42 Å². The zero-order valence-electron chi connectivity index (χ0n) is 9.66. The van der Waals surface area contributed by atoms with Crippen LogP contribution in [0.1, 0.15) is 24.5 Å². The van der Waals surface area contributed by atoms with Crippen molar-refractivity contribution >= 4 is 10.0 Å². The third kappa shape index (κ3) is 2.13. The fourth-order valence-corrected chi connectivity index (χ4v) is 3.45. The van der Waals surface area contributed by atoms with Crippen LogP contribution in [-0.2, 0) is 16.4 Å². The van der Waals surface area contributed by atoms with Crippen LogP contribution in [0.5, 0.6) is 0 Å². The van der Waals surface area contributed by atoms with E-state index in [2.05, 4.69) is 11.6 Å². The summed E-state index contributed by atoms with van der Waals surface area (Å²) in [6.45, 7) is 4.64. The standard InChI is InChI=1S/C12H17NO2S/c1-3-10-7-11-6-9(2)4-5-12(11)16(14,15)13-8-10/h4-6,10,13H,3,7-8H2,1-2H3/t10-/m0/s1. The Kier molecular flexibility index (Phi) is 3.04. The van der Waals surface area contributed by atoms with E-state index in [1.165, 1.54) is 0 Å². The van der Waals surface area contributed by atoms with E-state index < -0.39 is 10.0 Å². The van der Waals surface area contributed by atoms with Gasteiger partial charge in [0.15, 0.2) is 0 Å². The number of sulfonamides is 1. The highest BCUT2D eigenvalue weighted by molar-refractivity contribution is 7.89. The summed E-state index contributed by atoms with van der Waals surface area (Å²) in [5.41, 5.74) is 2.07. The van der Waals surface area contributed by atoms with Gasteiger partial charge in [-0.1, -0.05) is 31.0 Å². The van der Waals surface area contributed by atoms with Gasteiger partial charge in [-0.05, 0) is 30.9 Å². The number of fused-ring (bicyclic) bond motifs is 1. The van der Waals surface area contributed by atoms with Crippen LogP contribution in [0.4, 0.5) is 0 Å². The topological polar surface area (TPSA) is 46.2 Å². The van der Waals surface area contributed by atoms with Gasteiger partial charge in [-0.3, -0.25) is 0 Å². The molecule has 0 unspecified atom stereocenters. The first kappa shape index (κ1) is 11.6. The molecule has 16 heavy (non-hydrogen) atoms. The molecule has 0 spiro atoms. The zero-order chi connectivity index (χ0) is 11.8. The van der Waals surface area contributed by atoms with Gasteiger partial charge < -0.3 is 0 Å². The minimum Gasteiger partial charge on any atom is -0.211 e. The number of aryl methyl sites for hydroxylation is 1. The predicted molar refractivity (Wildman–Crippen MR) is 63.9 cm³/mol. The van der Waals surface area contributed by atoms with Crippen LogP contribution >= 0.6 is 0 Å². The summed E-state index contributed by atoms with van der Waals surface area (Å²) < 4.78 is 26.6. The van der Waals surface area contributed by atoms with Crippen molar-refractivity contribution in [1.82, 2.24) is 4.72 Å². The number of rotatable bonds is 1. The molecule has 0 saturated carbocycles. The SMILES string of the molecule is CC[C@@H]1CNS(=O)(=O)c2ccc(C)cc2C1. The Labute approximate surface area is 96.9 Å². The zero-order valence-corrected chi connectivity index (χ0v) is 10.5. The summed E-state index contributed by atoms with van der Waals surface area (Å²) in [6.07, 6.45) is 1.84. The molecule has 88 valence electrons. The van der Waals surface area contributed by atoms with Crippen LogP contribution in [0.25, 0.3) is 0 Å². The van der Waals surface area contributed by atoms with Crippen molar-refractivity contribution in [2.45, 2.75) is 31.6 Å². The smallest absolute Gasteiger partial charge is 0.211 e. The minimum absolute atomic E-state index is 0.401. The fraction of sp³-hybridized carbons (Fsp3) is 0.500. The molecule has 1 aliphatic rings. The molecule has 0 fully saturated rings. The monoisotopic (exact) mass is 239 g/mol. The second-order valence-electron chi connectivity index (χ2n) is 4.44. The molecular formula is C12H17NO2S. The number of benzene rings is 1. The van der Waals surface area contributed by atoms with Gasteiger partial charge >= 0.3 is 0 Å². The van der Waals surface area contributed by atoms with E-state index in [0.29, 0.717) is 17.4 Å². The minimum atomic E-state index is -3.29. The molecule has 0 aliphatic carbocycles. The molecule has 2 rings (SSSR count). The lowest BCUT2D eigenvalue weighted by Crippen LogP contribution is -2.26. The maximum Gasteiger partial charge on any atom is 0.240 e. The normalized spacial score (nSPS) is 23.5. The lowest BCUT2D eigenvalue weighted by molar-refractivity contribution is 0.499. The molecule has 1 aliphatic heterocycles. The summed E-state index contributed by atoms with van der Waals surface area (Å²) in [4.78, 5) is 0.453. The summed E-state index contributed by atoms with van der Waals surface area (Å²) in [5.74, 6) is 0.401. The first-order valence-corrected chi connectivity index (χ1v) is 7.10. The summed E-state index contributed by atoms with van der Waals surface area (Å²) >= 11 is 0.